The van der Waals surface area contributed by atoms with Crippen molar-refractivity contribution in [2.75, 3.05) is 0 Å². The molecule has 0 unspecified atom stereocenters. The highest BCUT2D eigenvalue weighted by atomic mass is 16.2. The molecule has 1 amide bonds. The second kappa shape index (κ2) is 4.04. The van der Waals surface area contributed by atoms with Crippen LogP contribution in [0.1, 0.15) is 30.0 Å². The fourth-order valence-electron chi connectivity index (χ4n) is 0.955. The van der Waals surface area contributed by atoms with Crippen molar-refractivity contribution in [1.82, 2.24) is 15.3 Å². The lowest BCUT2D eigenvalue weighted by Gasteiger charge is -2.07. The van der Waals surface area contributed by atoms with Gasteiger partial charge in [0, 0.05) is 12.2 Å². The van der Waals surface area contributed by atoms with Gasteiger partial charge in [0.25, 0.3) is 11.5 Å². The van der Waals surface area contributed by atoms with Gasteiger partial charge in [0.1, 0.15) is 11.4 Å². The Morgan fingerprint density at radius 3 is 2.71 bits per heavy atom. The summed E-state index contributed by atoms with van der Waals surface area (Å²) in [6, 6.07) is 0.0523. The molecule has 1 aromatic heterocycles. The number of aromatic nitrogens is 2. The molecule has 0 aliphatic carbocycles. The first-order valence-corrected chi connectivity index (χ1v) is 4.38. The molecule has 76 valence electrons. The summed E-state index contributed by atoms with van der Waals surface area (Å²) in [6.45, 7) is 5.28. The number of aryl methyl sites for hydroxylation is 1. The van der Waals surface area contributed by atoms with Crippen LogP contribution in [0, 0.1) is 6.92 Å². The Morgan fingerprint density at radius 1 is 1.57 bits per heavy atom. The van der Waals surface area contributed by atoms with E-state index in [1.54, 1.807) is 6.92 Å². The number of nitrogens with zero attached hydrogens (tertiary/aromatic N) is 1. The van der Waals surface area contributed by atoms with Crippen molar-refractivity contribution in [1.29, 1.82) is 0 Å². The Bertz CT molecular complexity index is 395. The molecule has 0 aliphatic rings. The number of H-pyrrole nitrogens is 1. The van der Waals surface area contributed by atoms with Gasteiger partial charge in [0.2, 0.25) is 0 Å². The molecule has 0 fully saturated rings. The molecule has 0 radical (unpaired) electrons. The summed E-state index contributed by atoms with van der Waals surface area (Å²) in [6.07, 6.45) is 1.31. The van der Waals surface area contributed by atoms with Crippen molar-refractivity contribution in [3.8, 4) is 0 Å². The molecule has 0 saturated heterocycles. The van der Waals surface area contributed by atoms with Gasteiger partial charge >= 0.3 is 0 Å². The first-order valence-electron chi connectivity index (χ1n) is 4.38. The van der Waals surface area contributed by atoms with Crippen molar-refractivity contribution in [3.05, 3.63) is 27.9 Å². The van der Waals surface area contributed by atoms with E-state index in [-0.39, 0.29) is 23.2 Å². The van der Waals surface area contributed by atoms with Gasteiger partial charge in [-0.1, -0.05) is 0 Å². The molecule has 0 atom stereocenters. The minimum absolute atomic E-state index is 0.0523. The number of hydrogen-bond donors (Lipinski definition) is 2. The zero-order valence-corrected chi connectivity index (χ0v) is 8.42. The second-order valence-electron chi connectivity index (χ2n) is 3.33. The number of nitrogens with one attached hydrogen (secondary N) is 2. The highest BCUT2D eigenvalue weighted by Gasteiger charge is 2.09. The van der Waals surface area contributed by atoms with Gasteiger partial charge in [-0.05, 0) is 20.8 Å². The van der Waals surface area contributed by atoms with Crippen molar-refractivity contribution in [3.63, 3.8) is 0 Å². The monoisotopic (exact) mass is 195 g/mol. The van der Waals surface area contributed by atoms with E-state index in [4.69, 9.17) is 0 Å². The van der Waals surface area contributed by atoms with Crippen molar-refractivity contribution in [2.24, 2.45) is 0 Å². The summed E-state index contributed by atoms with van der Waals surface area (Å²) in [5, 5.41) is 2.68. The van der Waals surface area contributed by atoms with Crippen LogP contribution in [0.3, 0.4) is 0 Å². The van der Waals surface area contributed by atoms with Crippen LogP contribution in [0.4, 0.5) is 0 Å². The maximum absolute atomic E-state index is 11.4. The first kappa shape index (κ1) is 10.4. The molecule has 1 rings (SSSR count). The highest BCUT2D eigenvalue weighted by molar-refractivity contribution is 5.92. The number of rotatable bonds is 2. The minimum atomic E-state index is -0.278. The minimum Gasteiger partial charge on any atom is -0.348 e. The Morgan fingerprint density at radius 2 is 2.21 bits per heavy atom. The van der Waals surface area contributed by atoms with Gasteiger partial charge in [0.15, 0.2) is 0 Å². The lowest BCUT2D eigenvalue weighted by molar-refractivity contribution is 0.0937. The van der Waals surface area contributed by atoms with Gasteiger partial charge < -0.3 is 10.3 Å². The molecule has 0 saturated carbocycles. The third-order valence-electron chi connectivity index (χ3n) is 1.61. The van der Waals surface area contributed by atoms with Crippen LogP contribution in [0.15, 0.2) is 11.0 Å². The molecular weight excluding hydrogens is 182 g/mol. The quantitative estimate of drug-likeness (QED) is 0.708. The van der Waals surface area contributed by atoms with E-state index in [0.29, 0.717) is 5.69 Å². The molecule has 0 aliphatic heterocycles. The van der Waals surface area contributed by atoms with Crippen LogP contribution in [0.5, 0.6) is 0 Å². The van der Waals surface area contributed by atoms with E-state index < -0.39 is 0 Å². The molecule has 14 heavy (non-hydrogen) atoms. The van der Waals surface area contributed by atoms with E-state index in [1.807, 2.05) is 13.8 Å². The molecular formula is C9H13N3O2. The maximum atomic E-state index is 11.4. The number of carbonyl (C=O) groups is 1. The smallest absolute Gasteiger partial charge is 0.271 e. The summed E-state index contributed by atoms with van der Waals surface area (Å²) in [5.41, 5.74) is 0.253. The van der Waals surface area contributed by atoms with E-state index in [1.165, 1.54) is 6.20 Å². The lowest BCUT2D eigenvalue weighted by Crippen LogP contribution is -2.31. The fourth-order valence-corrected chi connectivity index (χ4v) is 0.955. The third kappa shape index (κ3) is 2.42. The van der Waals surface area contributed by atoms with Gasteiger partial charge in [-0.3, -0.25) is 9.59 Å². The average Bonchev–Trinajstić information content (AvgIpc) is 2.08. The van der Waals surface area contributed by atoms with E-state index in [0.717, 1.165) is 0 Å². The number of aromatic amines is 1. The molecule has 5 nitrogen and oxygen atoms in total. The first-order chi connectivity index (χ1) is 6.50. The number of hydrogen-bond acceptors (Lipinski definition) is 3. The van der Waals surface area contributed by atoms with Crippen LogP contribution in [0.25, 0.3) is 0 Å². The van der Waals surface area contributed by atoms with Crippen LogP contribution in [-0.4, -0.2) is 21.9 Å². The van der Waals surface area contributed by atoms with Gasteiger partial charge in [-0.2, -0.15) is 0 Å². The SMILES string of the molecule is Cc1nc(C(=O)NC(C)C)c[nH]c1=O. The Balaban J connectivity index is 2.92. The second-order valence-corrected chi connectivity index (χ2v) is 3.33. The van der Waals surface area contributed by atoms with Crippen molar-refractivity contribution in [2.45, 2.75) is 26.8 Å². The average molecular weight is 195 g/mol. The topological polar surface area (TPSA) is 74.8 Å². The Kier molecular flexibility index (Phi) is 3.01. The number of amides is 1. The Hall–Kier alpha value is -1.65. The van der Waals surface area contributed by atoms with E-state index >= 15 is 0 Å². The lowest BCUT2D eigenvalue weighted by atomic mass is 10.3. The van der Waals surface area contributed by atoms with Gasteiger partial charge in [0.05, 0.1) is 0 Å². The molecule has 1 heterocycles. The van der Waals surface area contributed by atoms with Crippen LogP contribution in [0.2, 0.25) is 0 Å². The molecule has 0 bridgehead atoms. The summed E-state index contributed by atoms with van der Waals surface area (Å²) in [4.78, 5) is 28.7. The summed E-state index contributed by atoms with van der Waals surface area (Å²) < 4.78 is 0. The molecule has 1 aromatic rings. The highest BCUT2D eigenvalue weighted by Crippen LogP contribution is 1.92. The van der Waals surface area contributed by atoms with Crippen LogP contribution >= 0.6 is 0 Å². The largest absolute Gasteiger partial charge is 0.348 e. The fraction of sp³-hybridized carbons (Fsp3) is 0.444. The predicted molar refractivity (Wildman–Crippen MR) is 52.2 cm³/mol. The maximum Gasteiger partial charge on any atom is 0.271 e. The normalized spacial score (nSPS) is 10.3. The zero-order valence-electron chi connectivity index (χ0n) is 8.42. The standard InChI is InChI=1S/C9H13N3O2/c1-5(2)11-9(14)7-4-10-8(13)6(3)12-7/h4-5H,1-3H3,(H,10,13)(H,11,14). The van der Waals surface area contributed by atoms with Gasteiger partial charge in [-0.15, -0.1) is 0 Å². The molecule has 2 N–H and O–H groups in total. The van der Waals surface area contributed by atoms with E-state index in [9.17, 15) is 9.59 Å². The predicted octanol–water partition coefficient (Wildman–Crippen LogP) is 0.217. The number of carbonyl (C=O) groups excluding carboxylic acids is 1. The molecule has 0 spiro atoms. The summed E-state index contributed by atoms with van der Waals surface area (Å²) in [7, 11) is 0. The summed E-state index contributed by atoms with van der Waals surface area (Å²) in [5.74, 6) is -0.278. The van der Waals surface area contributed by atoms with Crippen molar-refractivity contribution >= 4 is 5.91 Å². The molecule has 5 heteroatoms. The molecule has 0 aromatic carbocycles. The zero-order chi connectivity index (χ0) is 10.7. The van der Waals surface area contributed by atoms with Crippen molar-refractivity contribution < 1.29 is 4.79 Å². The van der Waals surface area contributed by atoms with Gasteiger partial charge in [-0.25, -0.2) is 4.98 Å². The third-order valence-corrected chi connectivity index (χ3v) is 1.61. The van der Waals surface area contributed by atoms with Crippen LogP contribution < -0.4 is 10.9 Å². The Labute approximate surface area is 81.6 Å². The van der Waals surface area contributed by atoms with E-state index in [2.05, 4.69) is 15.3 Å². The summed E-state index contributed by atoms with van der Waals surface area (Å²) >= 11 is 0. The van der Waals surface area contributed by atoms with Crippen LogP contribution in [-0.2, 0) is 0 Å².